The minimum absolute atomic E-state index is 0.0120. The van der Waals surface area contributed by atoms with Crippen molar-refractivity contribution < 1.29 is 49.0 Å². The van der Waals surface area contributed by atoms with Crippen LogP contribution in [0.3, 0.4) is 0 Å². The molecule has 37 heavy (non-hydrogen) atoms. The van der Waals surface area contributed by atoms with Gasteiger partial charge in [0.1, 0.15) is 22.9 Å². The molecule has 0 bridgehead atoms. The first-order valence-corrected chi connectivity index (χ1v) is 11.2. The molecular weight excluding hydrogens is 515 g/mol. The summed E-state index contributed by atoms with van der Waals surface area (Å²) in [7, 11) is 0. The zero-order valence-electron chi connectivity index (χ0n) is 19.2. The van der Waals surface area contributed by atoms with Crippen molar-refractivity contribution in [2.75, 3.05) is 0 Å². The zero-order valence-corrected chi connectivity index (χ0v) is 19.2. The second-order valence-corrected chi connectivity index (χ2v) is 8.74. The molecule has 1 atom stereocenters. The predicted octanol–water partition coefficient (Wildman–Crippen LogP) is 8.45. The molecule has 198 valence electrons. The molecule has 3 aromatic carbocycles. The van der Waals surface area contributed by atoms with Gasteiger partial charge >= 0.3 is 12.5 Å². The van der Waals surface area contributed by atoms with Crippen LogP contribution in [0.1, 0.15) is 36.5 Å². The SMILES string of the molecule is CCCC1Cc2ccc(-c3cc(F)c(C(F)(F)Oc4cc(F)c(OC(F)(F)F)c(F)c4)c(F)c3)cc2C1. The monoisotopic (exact) mass is 534 g/mol. The highest BCUT2D eigenvalue weighted by Crippen LogP contribution is 2.40. The predicted molar refractivity (Wildman–Crippen MR) is 115 cm³/mol. The Kier molecular flexibility index (Phi) is 7.09. The van der Waals surface area contributed by atoms with Gasteiger partial charge in [-0.15, -0.1) is 13.2 Å². The molecule has 0 fully saturated rings. The van der Waals surface area contributed by atoms with Gasteiger partial charge in [0.15, 0.2) is 11.6 Å². The Hall–Kier alpha value is -3.37. The van der Waals surface area contributed by atoms with E-state index in [1.54, 1.807) is 12.1 Å². The minimum Gasteiger partial charge on any atom is -0.429 e. The molecule has 4 rings (SSSR count). The van der Waals surface area contributed by atoms with Crippen LogP contribution in [0.4, 0.5) is 39.5 Å². The van der Waals surface area contributed by atoms with Gasteiger partial charge < -0.3 is 9.47 Å². The Morgan fingerprint density at radius 3 is 1.89 bits per heavy atom. The Labute approximate surface area is 205 Å². The Morgan fingerprint density at radius 2 is 1.32 bits per heavy atom. The second kappa shape index (κ2) is 9.83. The van der Waals surface area contributed by atoms with Crippen LogP contribution < -0.4 is 9.47 Å². The average molecular weight is 534 g/mol. The van der Waals surface area contributed by atoms with Crippen molar-refractivity contribution in [1.82, 2.24) is 0 Å². The normalized spacial score (nSPS) is 15.6. The maximum absolute atomic E-state index is 14.7. The lowest BCUT2D eigenvalue weighted by Gasteiger charge is -2.20. The molecular formula is C26H19F9O2. The van der Waals surface area contributed by atoms with Gasteiger partial charge in [-0.1, -0.05) is 38.0 Å². The quantitative estimate of drug-likeness (QED) is 0.283. The van der Waals surface area contributed by atoms with E-state index in [1.165, 1.54) is 0 Å². The maximum Gasteiger partial charge on any atom is 0.573 e. The molecule has 0 N–H and O–H groups in total. The third-order valence-electron chi connectivity index (χ3n) is 6.02. The van der Waals surface area contributed by atoms with Crippen molar-refractivity contribution >= 4 is 0 Å². The number of ether oxygens (including phenoxy) is 2. The molecule has 0 saturated carbocycles. The van der Waals surface area contributed by atoms with E-state index in [2.05, 4.69) is 16.4 Å². The van der Waals surface area contributed by atoms with Gasteiger partial charge in [-0.05, 0) is 53.1 Å². The highest BCUT2D eigenvalue weighted by molar-refractivity contribution is 5.66. The number of hydrogen-bond acceptors (Lipinski definition) is 2. The number of hydrogen-bond donors (Lipinski definition) is 0. The first-order chi connectivity index (χ1) is 17.3. The van der Waals surface area contributed by atoms with Crippen LogP contribution in [0.2, 0.25) is 0 Å². The van der Waals surface area contributed by atoms with Crippen LogP contribution in [0, 0.1) is 29.2 Å². The van der Waals surface area contributed by atoms with Gasteiger partial charge in [0, 0.05) is 12.1 Å². The Bertz CT molecular complexity index is 1270. The lowest BCUT2D eigenvalue weighted by molar-refractivity contribution is -0.276. The number of alkyl halides is 5. The number of rotatable bonds is 7. The fraction of sp³-hybridized carbons (Fsp3) is 0.308. The van der Waals surface area contributed by atoms with Crippen molar-refractivity contribution in [2.24, 2.45) is 5.92 Å². The smallest absolute Gasteiger partial charge is 0.429 e. The fourth-order valence-corrected chi connectivity index (χ4v) is 4.53. The van der Waals surface area contributed by atoms with E-state index in [0.29, 0.717) is 23.6 Å². The van der Waals surface area contributed by atoms with Gasteiger partial charge in [-0.2, -0.15) is 8.78 Å². The molecule has 11 heteroatoms. The summed E-state index contributed by atoms with van der Waals surface area (Å²) in [5.74, 6) is -10.2. The van der Waals surface area contributed by atoms with Crippen LogP contribution in [0.15, 0.2) is 42.5 Å². The lowest BCUT2D eigenvalue weighted by Crippen LogP contribution is -2.25. The summed E-state index contributed by atoms with van der Waals surface area (Å²) in [4.78, 5) is 0. The molecule has 2 nitrogen and oxygen atoms in total. The third-order valence-corrected chi connectivity index (χ3v) is 6.02. The Balaban J connectivity index is 1.60. The largest absolute Gasteiger partial charge is 0.573 e. The van der Waals surface area contributed by atoms with E-state index in [-0.39, 0.29) is 17.7 Å². The van der Waals surface area contributed by atoms with E-state index in [9.17, 15) is 39.5 Å². The van der Waals surface area contributed by atoms with Crippen molar-refractivity contribution in [2.45, 2.75) is 45.1 Å². The van der Waals surface area contributed by atoms with Crippen molar-refractivity contribution in [3.63, 3.8) is 0 Å². The third kappa shape index (κ3) is 5.80. The van der Waals surface area contributed by atoms with E-state index in [0.717, 1.165) is 36.8 Å². The molecule has 0 amide bonds. The lowest BCUT2D eigenvalue weighted by atomic mass is 9.98. The second-order valence-electron chi connectivity index (χ2n) is 8.74. The van der Waals surface area contributed by atoms with Crippen LogP contribution in [0.25, 0.3) is 11.1 Å². The molecule has 0 aliphatic heterocycles. The highest BCUT2D eigenvalue weighted by atomic mass is 19.4. The summed E-state index contributed by atoms with van der Waals surface area (Å²) in [5.41, 5.74) is 0.690. The first-order valence-electron chi connectivity index (χ1n) is 11.2. The van der Waals surface area contributed by atoms with Crippen LogP contribution >= 0.6 is 0 Å². The van der Waals surface area contributed by atoms with Gasteiger partial charge in [0.25, 0.3) is 0 Å². The van der Waals surface area contributed by atoms with E-state index < -0.39 is 52.8 Å². The summed E-state index contributed by atoms with van der Waals surface area (Å²) in [6.45, 7) is 2.07. The molecule has 1 aliphatic rings. The topological polar surface area (TPSA) is 18.5 Å². The molecule has 1 unspecified atom stereocenters. The van der Waals surface area contributed by atoms with E-state index >= 15 is 0 Å². The maximum atomic E-state index is 14.7. The Morgan fingerprint density at radius 1 is 0.730 bits per heavy atom. The molecule has 0 saturated heterocycles. The first kappa shape index (κ1) is 26.7. The summed E-state index contributed by atoms with van der Waals surface area (Å²) in [6, 6.07) is 6.51. The summed E-state index contributed by atoms with van der Waals surface area (Å²) >= 11 is 0. The minimum atomic E-state index is -5.46. The molecule has 0 radical (unpaired) electrons. The summed E-state index contributed by atoms with van der Waals surface area (Å²) in [5, 5.41) is 0. The van der Waals surface area contributed by atoms with Gasteiger partial charge in [0.05, 0.1) is 0 Å². The van der Waals surface area contributed by atoms with Crippen LogP contribution in [-0.4, -0.2) is 6.36 Å². The van der Waals surface area contributed by atoms with Crippen LogP contribution in [-0.2, 0) is 19.0 Å². The number of benzene rings is 3. The van der Waals surface area contributed by atoms with Gasteiger partial charge in [-0.25, -0.2) is 17.6 Å². The number of halogens is 9. The summed E-state index contributed by atoms with van der Waals surface area (Å²) in [6.07, 6.45) is -6.50. The standard InChI is InChI=1S/C26H19F9O2/c1-2-3-13-6-14-4-5-15(8-16(14)7-13)17-9-19(27)23(20(28)10-17)25(31,32)36-18-11-21(29)24(22(30)12-18)37-26(33,34)35/h4-5,8-13H,2-3,6-7H2,1H3. The highest BCUT2D eigenvalue weighted by Gasteiger charge is 2.42. The van der Waals surface area contributed by atoms with E-state index in [1.807, 2.05) is 6.07 Å². The van der Waals surface area contributed by atoms with Gasteiger partial charge in [-0.3, -0.25) is 0 Å². The average Bonchev–Trinajstić information content (AvgIpc) is 3.16. The van der Waals surface area contributed by atoms with Crippen LogP contribution in [0.5, 0.6) is 11.5 Å². The molecule has 0 heterocycles. The molecule has 1 aliphatic carbocycles. The van der Waals surface area contributed by atoms with Crippen molar-refractivity contribution in [3.05, 3.63) is 82.4 Å². The van der Waals surface area contributed by atoms with Gasteiger partial charge in [0.2, 0.25) is 5.75 Å². The molecule has 0 spiro atoms. The zero-order chi connectivity index (χ0) is 27.1. The van der Waals surface area contributed by atoms with Crippen molar-refractivity contribution in [1.29, 1.82) is 0 Å². The fourth-order valence-electron chi connectivity index (χ4n) is 4.53. The summed E-state index contributed by atoms with van der Waals surface area (Å²) < 4.78 is 131. The molecule has 0 aromatic heterocycles. The number of fused-ring (bicyclic) bond motifs is 1. The van der Waals surface area contributed by atoms with Crippen molar-refractivity contribution in [3.8, 4) is 22.6 Å². The van der Waals surface area contributed by atoms with E-state index in [4.69, 9.17) is 0 Å². The molecule has 3 aromatic rings.